The van der Waals surface area contributed by atoms with Gasteiger partial charge in [0.05, 0.1) is 16.6 Å². The summed E-state index contributed by atoms with van der Waals surface area (Å²) in [5.74, 6) is -0.0854. The van der Waals surface area contributed by atoms with E-state index in [9.17, 15) is 13.2 Å². The first-order valence-corrected chi connectivity index (χ1v) is 7.98. The van der Waals surface area contributed by atoms with Crippen LogP contribution in [0.3, 0.4) is 0 Å². The highest BCUT2D eigenvalue weighted by atomic mass is 32.2. The Bertz CT molecular complexity index is 576. The van der Waals surface area contributed by atoms with Crippen molar-refractivity contribution in [2.75, 3.05) is 18.0 Å². The molecule has 2 rings (SSSR count). The summed E-state index contributed by atoms with van der Waals surface area (Å²) >= 11 is 0. The second kappa shape index (κ2) is 5.21. The lowest BCUT2D eigenvalue weighted by atomic mass is 10.1. The van der Waals surface area contributed by atoms with Crippen molar-refractivity contribution in [2.24, 2.45) is 0 Å². The predicted octanol–water partition coefficient (Wildman–Crippen LogP) is 0.884. The molecular weight excluding hydrogens is 264 g/mol. The number of nitrogen functional groups attached to an aromatic ring is 1. The first-order chi connectivity index (χ1) is 8.92. The van der Waals surface area contributed by atoms with Crippen molar-refractivity contribution in [1.29, 1.82) is 0 Å². The third-order valence-corrected chi connectivity index (χ3v) is 5.76. The highest BCUT2D eigenvalue weighted by molar-refractivity contribution is 7.92. The summed E-state index contributed by atoms with van der Waals surface area (Å²) < 4.78 is 23.3. The maximum absolute atomic E-state index is 12.1. The number of benzene rings is 1. The highest BCUT2D eigenvalue weighted by Gasteiger charge is 2.31. The summed E-state index contributed by atoms with van der Waals surface area (Å²) in [5.41, 5.74) is 7.40. The average molecular weight is 282 g/mol. The van der Waals surface area contributed by atoms with E-state index in [0.29, 0.717) is 24.1 Å². The van der Waals surface area contributed by atoms with Gasteiger partial charge in [-0.15, -0.1) is 0 Å². The summed E-state index contributed by atoms with van der Waals surface area (Å²) in [6.45, 7) is 1.96. The van der Waals surface area contributed by atoms with Crippen LogP contribution in [-0.4, -0.2) is 31.9 Å². The average Bonchev–Trinajstić information content (AvgIpc) is 2.65. The molecular formula is C13H18N2O3S. The number of carbonyl (C=O) groups excluding carboxylic acids is 1. The Balaban J connectivity index is 2.06. The molecule has 19 heavy (non-hydrogen) atoms. The Kier molecular flexibility index (Phi) is 3.80. The largest absolute Gasteiger partial charge is 0.398 e. The molecule has 0 saturated carbocycles. The fourth-order valence-electron chi connectivity index (χ4n) is 2.38. The quantitative estimate of drug-likeness (QED) is 0.806. The monoisotopic (exact) mass is 282 g/mol. The maximum Gasteiger partial charge on any atom is 0.253 e. The van der Waals surface area contributed by atoms with E-state index < -0.39 is 15.1 Å². The summed E-state index contributed by atoms with van der Waals surface area (Å²) in [4.78, 5) is 12.1. The van der Waals surface area contributed by atoms with Crippen molar-refractivity contribution in [3.05, 3.63) is 29.3 Å². The van der Waals surface area contributed by atoms with Gasteiger partial charge >= 0.3 is 0 Å². The van der Waals surface area contributed by atoms with Crippen molar-refractivity contribution >= 4 is 21.4 Å². The maximum atomic E-state index is 12.1. The summed E-state index contributed by atoms with van der Waals surface area (Å²) in [6.07, 6.45) is 1.29. The van der Waals surface area contributed by atoms with Crippen LogP contribution >= 0.6 is 0 Å². The van der Waals surface area contributed by atoms with Crippen LogP contribution in [0.1, 0.15) is 28.8 Å². The van der Waals surface area contributed by atoms with Gasteiger partial charge in [-0.05, 0) is 31.4 Å². The van der Waals surface area contributed by atoms with Gasteiger partial charge in [-0.25, -0.2) is 8.42 Å². The van der Waals surface area contributed by atoms with E-state index in [-0.39, 0.29) is 18.2 Å². The number of nitrogens with one attached hydrogen (secondary N) is 1. The number of carbonyl (C=O) groups is 1. The molecule has 0 bridgehead atoms. The smallest absolute Gasteiger partial charge is 0.253 e. The Morgan fingerprint density at radius 1 is 1.47 bits per heavy atom. The lowest BCUT2D eigenvalue weighted by Crippen LogP contribution is -2.35. The van der Waals surface area contributed by atoms with Crippen LogP contribution in [0.25, 0.3) is 0 Å². The molecule has 1 heterocycles. The molecule has 1 saturated heterocycles. The first kappa shape index (κ1) is 13.9. The van der Waals surface area contributed by atoms with Gasteiger partial charge in [-0.2, -0.15) is 0 Å². The molecule has 0 spiro atoms. The molecule has 6 heteroatoms. The molecule has 0 aliphatic carbocycles. The van der Waals surface area contributed by atoms with Crippen LogP contribution in [-0.2, 0) is 9.84 Å². The van der Waals surface area contributed by atoms with Crippen LogP contribution in [0.4, 0.5) is 5.69 Å². The van der Waals surface area contributed by atoms with E-state index in [4.69, 9.17) is 5.73 Å². The lowest BCUT2D eigenvalue weighted by molar-refractivity contribution is 0.0954. The minimum atomic E-state index is -3.03. The van der Waals surface area contributed by atoms with E-state index in [1.54, 1.807) is 25.1 Å². The number of aryl methyl sites for hydroxylation is 1. The van der Waals surface area contributed by atoms with Gasteiger partial charge < -0.3 is 11.1 Å². The van der Waals surface area contributed by atoms with Gasteiger partial charge in [0.1, 0.15) is 0 Å². The lowest BCUT2D eigenvalue weighted by Gasteiger charge is -2.13. The summed E-state index contributed by atoms with van der Waals surface area (Å²) in [5, 5.41) is 2.22. The molecule has 1 amide bonds. The zero-order valence-electron chi connectivity index (χ0n) is 10.8. The summed E-state index contributed by atoms with van der Waals surface area (Å²) in [7, 11) is -3.03. The summed E-state index contributed by atoms with van der Waals surface area (Å²) in [6, 6.07) is 5.24. The number of hydrogen-bond acceptors (Lipinski definition) is 4. The van der Waals surface area contributed by atoms with Gasteiger partial charge in [0.15, 0.2) is 9.84 Å². The normalized spacial score (nSPS) is 21.2. The first-order valence-electron chi connectivity index (χ1n) is 6.26. The van der Waals surface area contributed by atoms with Gasteiger partial charge in [-0.3, -0.25) is 4.79 Å². The number of hydrogen-bond donors (Lipinski definition) is 2. The van der Waals surface area contributed by atoms with Gasteiger partial charge in [0.2, 0.25) is 0 Å². The third kappa shape index (κ3) is 2.89. The van der Waals surface area contributed by atoms with E-state index in [1.807, 2.05) is 0 Å². The second-order valence-electron chi connectivity index (χ2n) is 4.88. The van der Waals surface area contributed by atoms with Crippen molar-refractivity contribution < 1.29 is 13.2 Å². The number of sulfone groups is 1. The molecule has 104 valence electrons. The molecule has 5 nitrogen and oxygen atoms in total. The van der Waals surface area contributed by atoms with E-state index in [1.165, 1.54) is 0 Å². The van der Waals surface area contributed by atoms with Crippen molar-refractivity contribution in [2.45, 2.75) is 25.0 Å². The minimum absolute atomic E-state index is 0.162. The third-order valence-electron chi connectivity index (χ3n) is 3.49. The number of anilines is 1. The zero-order chi connectivity index (χ0) is 14.0. The van der Waals surface area contributed by atoms with Crippen LogP contribution in [0.15, 0.2) is 18.2 Å². The fraction of sp³-hybridized carbons (Fsp3) is 0.462. The molecule has 1 aromatic rings. The molecule has 0 radical (unpaired) electrons. The van der Waals surface area contributed by atoms with Crippen molar-refractivity contribution in [3.8, 4) is 0 Å². The van der Waals surface area contributed by atoms with Gasteiger partial charge in [0.25, 0.3) is 5.91 Å². The van der Waals surface area contributed by atoms with Crippen LogP contribution in [0, 0.1) is 6.92 Å². The molecule has 1 unspecified atom stereocenters. The van der Waals surface area contributed by atoms with Gasteiger partial charge in [-0.1, -0.05) is 12.1 Å². The predicted molar refractivity (Wildman–Crippen MR) is 74.7 cm³/mol. The second-order valence-corrected chi connectivity index (χ2v) is 7.28. The molecule has 1 atom stereocenters. The molecule has 3 N–H and O–H groups in total. The molecule has 1 aromatic carbocycles. The number of amides is 1. The SMILES string of the molecule is Cc1cccc(N)c1C(=O)NCC1CCCS1(=O)=O. The Morgan fingerprint density at radius 2 is 2.21 bits per heavy atom. The fourth-order valence-corrected chi connectivity index (χ4v) is 4.15. The van der Waals surface area contributed by atoms with Crippen LogP contribution < -0.4 is 11.1 Å². The number of rotatable bonds is 3. The van der Waals surface area contributed by atoms with E-state index in [0.717, 1.165) is 5.56 Å². The van der Waals surface area contributed by atoms with Crippen molar-refractivity contribution in [3.63, 3.8) is 0 Å². The zero-order valence-corrected chi connectivity index (χ0v) is 11.7. The van der Waals surface area contributed by atoms with Crippen LogP contribution in [0.5, 0.6) is 0 Å². The Labute approximate surface area is 113 Å². The van der Waals surface area contributed by atoms with E-state index >= 15 is 0 Å². The standard InChI is InChI=1S/C13H18N2O3S/c1-9-4-2-6-11(14)12(9)13(16)15-8-10-5-3-7-19(10,17)18/h2,4,6,10H,3,5,7-8,14H2,1H3,(H,15,16). The molecule has 1 fully saturated rings. The molecule has 1 aliphatic rings. The van der Waals surface area contributed by atoms with Gasteiger partial charge in [0, 0.05) is 12.2 Å². The van der Waals surface area contributed by atoms with E-state index in [2.05, 4.69) is 5.32 Å². The van der Waals surface area contributed by atoms with Crippen molar-refractivity contribution in [1.82, 2.24) is 5.32 Å². The Hall–Kier alpha value is -1.56. The highest BCUT2D eigenvalue weighted by Crippen LogP contribution is 2.20. The van der Waals surface area contributed by atoms with Crippen LogP contribution in [0.2, 0.25) is 0 Å². The molecule has 1 aliphatic heterocycles. The minimum Gasteiger partial charge on any atom is -0.398 e. The molecule has 0 aromatic heterocycles. The Morgan fingerprint density at radius 3 is 2.79 bits per heavy atom. The number of nitrogens with two attached hydrogens (primary N) is 1. The topological polar surface area (TPSA) is 89.3 Å².